The van der Waals surface area contributed by atoms with Gasteiger partial charge in [-0.05, 0) is 24.1 Å². The summed E-state index contributed by atoms with van der Waals surface area (Å²) in [5.41, 5.74) is 2.99. The summed E-state index contributed by atoms with van der Waals surface area (Å²) in [4.78, 5) is 14.1. The van der Waals surface area contributed by atoms with E-state index in [-0.39, 0.29) is 24.4 Å². The quantitative estimate of drug-likeness (QED) is 0.785. The number of amides is 1. The number of nitrogens with one attached hydrogen (secondary N) is 1. The molecule has 1 atom stereocenters. The maximum absolute atomic E-state index is 12.2. The molecule has 2 aliphatic heterocycles. The second kappa shape index (κ2) is 4.48. The predicted octanol–water partition coefficient (Wildman–Crippen LogP) is 2.17. The lowest BCUT2D eigenvalue weighted by Crippen LogP contribution is -2.44. The number of halogens is 2. The Morgan fingerprint density at radius 3 is 3.00 bits per heavy atom. The molecular weight excluding hydrogens is 259 g/mol. The average Bonchev–Trinajstić information content (AvgIpc) is 2.60. The summed E-state index contributed by atoms with van der Waals surface area (Å²) >= 11 is 6.13. The van der Waals surface area contributed by atoms with Crippen molar-refractivity contribution in [3.8, 4) is 0 Å². The van der Waals surface area contributed by atoms with Crippen molar-refractivity contribution in [3.05, 3.63) is 33.8 Å². The van der Waals surface area contributed by atoms with Gasteiger partial charge in [0, 0.05) is 19.6 Å². The third kappa shape index (κ3) is 1.73. The molecular formula is C12H14Cl2N2O. The summed E-state index contributed by atoms with van der Waals surface area (Å²) < 4.78 is 0. The smallest absolute Gasteiger partial charge is 0.256 e. The van der Waals surface area contributed by atoms with Crippen LogP contribution < -0.4 is 5.32 Å². The molecule has 0 saturated carbocycles. The van der Waals surface area contributed by atoms with Gasteiger partial charge >= 0.3 is 0 Å². The van der Waals surface area contributed by atoms with Crippen LogP contribution in [0.4, 0.5) is 0 Å². The van der Waals surface area contributed by atoms with E-state index in [0.29, 0.717) is 5.02 Å². The fraction of sp³-hybridized carbons (Fsp3) is 0.417. The number of rotatable bonds is 0. The summed E-state index contributed by atoms with van der Waals surface area (Å²) in [5.74, 6) is 0.0928. The minimum Gasteiger partial charge on any atom is -0.329 e. The van der Waals surface area contributed by atoms with Gasteiger partial charge in [0.1, 0.15) is 0 Å². The molecule has 5 heteroatoms. The first kappa shape index (κ1) is 12.7. The first-order valence-corrected chi connectivity index (χ1v) is 5.88. The van der Waals surface area contributed by atoms with Gasteiger partial charge in [0.15, 0.2) is 0 Å². The normalized spacial score (nSPS) is 21.9. The Morgan fingerprint density at radius 2 is 2.24 bits per heavy atom. The summed E-state index contributed by atoms with van der Waals surface area (Å²) in [6, 6.07) is 3.99. The van der Waals surface area contributed by atoms with Crippen molar-refractivity contribution < 1.29 is 4.79 Å². The molecule has 92 valence electrons. The molecule has 1 amide bonds. The summed E-state index contributed by atoms with van der Waals surface area (Å²) in [6.45, 7) is 4.52. The number of piperazine rings is 1. The first-order chi connectivity index (χ1) is 7.70. The molecule has 2 heterocycles. The maximum Gasteiger partial charge on any atom is 0.256 e. The van der Waals surface area contributed by atoms with E-state index in [1.165, 1.54) is 0 Å². The highest BCUT2D eigenvalue weighted by Gasteiger charge is 2.40. The largest absolute Gasteiger partial charge is 0.329 e. The summed E-state index contributed by atoms with van der Waals surface area (Å²) in [5, 5.41) is 3.91. The molecule has 0 radical (unpaired) electrons. The van der Waals surface area contributed by atoms with Crippen LogP contribution in [0.25, 0.3) is 0 Å². The minimum absolute atomic E-state index is 0. The van der Waals surface area contributed by atoms with Gasteiger partial charge in [-0.25, -0.2) is 0 Å². The molecule has 1 saturated heterocycles. The molecule has 0 aliphatic carbocycles. The highest BCUT2D eigenvalue weighted by Crippen LogP contribution is 2.39. The number of benzene rings is 1. The number of fused-ring (bicyclic) bond motifs is 3. The molecule has 3 rings (SSSR count). The number of nitrogens with zero attached hydrogens (tertiary/aromatic N) is 1. The zero-order valence-corrected chi connectivity index (χ0v) is 11.1. The topological polar surface area (TPSA) is 32.3 Å². The molecule has 0 aromatic heterocycles. The number of carbonyl (C=O) groups is 1. The Labute approximate surface area is 112 Å². The van der Waals surface area contributed by atoms with Gasteiger partial charge in [0.05, 0.1) is 16.6 Å². The van der Waals surface area contributed by atoms with Gasteiger partial charge in [-0.3, -0.25) is 4.79 Å². The lowest BCUT2D eigenvalue weighted by Gasteiger charge is -2.31. The fourth-order valence-corrected chi connectivity index (χ4v) is 2.94. The Morgan fingerprint density at radius 1 is 1.47 bits per heavy atom. The predicted molar refractivity (Wildman–Crippen MR) is 70.1 cm³/mol. The average molecular weight is 273 g/mol. The van der Waals surface area contributed by atoms with Gasteiger partial charge in [-0.2, -0.15) is 0 Å². The molecule has 1 fully saturated rings. The second-order valence-electron chi connectivity index (χ2n) is 4.37. The zero-order valence-electron chi connectivity index (χ0n) is 9.50. The molecule has 0 unspecified atom stereocenters. The molecule has 1 aromatic rings. The van der Waals surface area contributed by atoms with Crippen LogP contribution in [-0.4, -0.2) is 30.4 Å². The van der Waals surface area contributed by atoms with Crippen LogP contribution in [0.5, 0.6) is 0 Å². The number of hydrogen-bond acceptors (Lipinski definition) is 2. The van der Waals surface area contributed by atoms with E-state index < -0.39 is 0 Å². The standard InChI is InChI=1S/C12H13ClN2O.ClH/c1-7-2-3-8(13)11-10(7)9-6-14-4-5-15(9)12(11)16;/h2-3,9,14H,4-6H2,1H3;1H/t9-;/m0./s1. The first-order valence-electron chi connectivity index (χ1n) is 5.51. The SMILES string of the molecule is Cc1ccc(Cl)c2c1[C@@H]1CNCCN1C2=O.Cl. The molecule has 2 aliphatic rings. The van der Waals surface area contributed by atoms with Crippen molar-refractivity contribution in [2.45, 2.75) is 13.0 Å². The van der Waals surface area contributed by atoms with Crippen LogP contribution in [0.3, 0.4) is 0 Å². The van der Waals surface area contributed by atoms with E-state index in [1.807, 2.05) is 24.0 Å². The van der Waals surface area contributed by atoms with Crippen LogP contribution in [0, 0.1) is 6.92 Å². The number of carbonyl (C=O) groups excluding carboxylic acids is 1. The van der Waals surface area contributed by atoms with Crippen molar-refractivity contribution in [1.29, 1.82) is 0 Å². The van der Waals surface area contributed by atoms with Gasteiger partial charge in [0.25, 0.3) is 5.91 Å². The number of aryl methyl sites for hydroxylation is 1. The van der Waals surface area contributed by atoms with Crippen LogP contribution in [0.15, 0.2) is 12.1 Å². The molecule has 3 nitrogen and oxygen atoms in total. The third-order valence-electron chi connectivity index (χ3n) is 3.46. The van der Waals surface area contributed by atoms with E-state index in [1.54, 1.807) is 0 Å². The highest BCUT2D eigenvalue weighted by molar-refractivity contribution is 6.34. The van der Waals surface area contributed by atoms with Gasteiger partial charge < -0.3 is 10.2 Å². The second-order valence-corrected chi connectivity index (χ2v) is 4.78. The Kier molecular flexibility index (Phi) is 3.34. The molecule has 1 N–H and O–H groups in total. The van der Waals surface area contributed by atoms with E-state index in [2.05, 4.69) is 5.32 Å². The molecule has 0 bridgehead atoms. The summed E-state index contributed by atoms with van der Waals surface area (Å²) in [6.07, 6.45) is 0. The van der Waals surface area contributed by atoms with Gasteiger partial charge in [-0.1, -0.05) is 17.7 Å². The highest BCUT2D eigenvalue weighted by atomic mass is 35.5. The molecule has 1 aromatic carbocycles. The van der Waals surface area contributed by atoms with Crippen LogP contribution in [0.1, 0.15) is 27.5 Å². The van der Waals surface area contributed by atoms with Crippen molar-refractivity contribution in [2.24, 2.45) is 0 Å². The van der Waals surface area contributed by atoms with Crippen LogP contribution in [0.2, 0.25) is 5.02 Å². The van der Waals surface area contributed by atoms with Crippen molar-refractivity contribution in [2.75, 3.05) is 19.6 Å². The van der Waals surface area contributed by atoms with Gasteiger partial charge in [0.2, 0.25) is 0 Å². The van der Waals surface area contributed by atoms with Crippen LogP contribution in [-0.2, 0) is 0 Å². The summed E-state index contributed by atoms with van der Waals surface area (Å²) in [7, 11) is 0. The zero-order chi connectivity index (χ0) is 11.3. The molecule has 0 spiro atoms. The molecule has 17 heavy (non-hydrogen) atoms. The van der Waals surface area contributed by atoms with Gasteiger partial charge in [-0.15, -0.1) is 12.4 Å². The van der Waals surface area contributed by atoms with E-state index >= 15 is 0 Å². The third-order valence-corrected chi connectivity index (χ3v) is 3.78. The van der Waals surface area contributed by atoms with Crippen molar-refractivity contribution >= 4 is 29.9 Å². The van der Waals surface area contributed by atoms with Crippen LogP contribution >= 0.6 is 24.0 Å². The minimum atomic E-state index is 0. The van der Waals surface area contributed by atoms with E-state index in [9.17, 15) is 4.79 Å². The van der Waals surface area contributed by atoms with Crippen molar-refractivity contribution in [3.63, 3.8) is 0 Å². The lowest BCUT2D eigenvalue weighted by atomic mass is 9.98. The van der Waals surface area contributed by atoms with E-state index in [0.717, 1.165) is 36.3 Å². The Bertz CT molecular complexity index is 476. The van der Waals surface area contributed by atoms with Crippen molar-refractivity contribution in [1.82, 2.24) is 10.2 Å². The maximum atomic E-state index is 12.2. The Balaban J connectivity index is 0.00000108. The monoisotopic (exact) mass is 272 g/mol. The Hall–Kier alpha value is -0.770. The fourth-order valence-electron chi connectivity index (χ4n) is 2.69. The lowest BCUT2D eigenvalue weighted by molar-refractivity contribution is 0.0691. The van der Waals surface area contributed by atoms with E-state index in [4.69, 9.17) is 11.6 Å². The number of hydrogen-bond donors (Lipinski definition) is 1.